The van der Waals surface area contributed by atoms with E-state index in [0.29, 0.717) is 10.4 Å². The summed E-state index contributed by atoms with van der Waals surface area (Å²) in [5.74, 6) is 0.325. The molecule has 0 aromatic rings. The quantitative estimate of drug-likeness (QED) is 0.604. The van der Waals surface area contributed by atoms with Crippen LogP contribution in [-0.4, -0.2) is 17.8 Å². The summed E-state index contributed by atoms with van der Waals surface area (Å²) in [7, 11) is 1.60. The lowest BCUT2D eigenvalue weighted by molar-refractivity contribution is -0.116. The summed E-state index contributed by atoms with van der Waals surface area (Å²) in [6, 6.07) is 0. The van der Waals surface area contributed by atoms with E-state index in [-0.39, 0.29) is 10.8 Å². The number of halogens is 2. The number of hydrogen-bond donors (Lipinski definition) is 1. The van der Waals surface area contributed by atoms with E-state index in [2.05, 4.69) is 28.2 Å². The minimum atomic E-state index is -0.314. The number of rotatable bonds is 2. The van der Waals surface area contributed by atoms with Crippen LogP contribution in [0.1, 0.15) is 19.8 Å². The summed E-state index contributed by atoms with van der Waals surface area (Å²) in [5, 5.41) is 2.54. The molecule has 0 radical (unpaired) electrons. The van der Waals surface area contributed by atoms with Gasteiger partial charge in [-0.2, -0.15) is 0 Å². The largest absolute Gasteiger partial charge is 0.355 e. The molecule has 1 aliphatic carbocycles. The molecule has 0 aromatic heterocycles. The lowest BCUT2D eigenvalue weighted by Crippen LogP contribution is -2.38. The van der Waals surface area contributed by atoms with E-state index in [1.807, 2.05) is 6.08 Å². The molecule has 13 heavy (non-hydrogen) atoms. The second kappa shape index (κ2) is 4.01. The van der Waals surface area contributed by atoms with Crippen LogP contribution in [0.5, 0.6) is 0 Å². The highest BCUT2D eigenvalue weighted by molar-refractivity contribution is 9.12. The molecule has 1 aliphatic rings. The average Bonchev–Trinajstić information content (AvgIpc) is 2.13. The third-order valence-electron chi connectivity index (χ3n) is 2.59. The molecular formula is C9H13BrClNO. The summed E-state index contributed by atoms with van der Waals surface area (Å²) in [6.45, 7) is 2.09. The fourth-order valence-electron chi connectivity index (χ4n) is 1.32. The lowest BCUT2D eigenvalue weighted by atomic mass is 9.74. The van der Waals surface area contributed by atoms with E-state index >= 15 is 0 Å². The highest BCUT2D eigenvalue weighted by Crippen LogP contribution is 2.46. The van der Waals surface area contributed by atoms with Crippen molar-refractivity contribution in [3.8, 4) is 0 Å². The standard InChI is InChI=1S/C9H13BrClNO/c1-6-3-4-9(6,11)5-7(10)8(13)12-2/h5-6H,3-4H2,1-2H3,(H,12,13)/b7-5+. The third kappa shape index (κ3) is 2.26. The van der Waals surface area contributed by atoms with E-state index < -0.39 is 0 Å². The van der Waals surface area contributed by atoms with Crippen LogP contribution < -0.4 is 5.32 Å². The molecule has 1 N–H and O–H groups in total. The summed E-state index contributed by atoms with van der Waals surface area (Å²) in [6.07, 6.45) is 3.89. The molecule has 0 spiro atoms. The number of carbonyl (C=O) groups excluding carboxylic acids is 1. The minimum absolute atomic E-state index is 0.126. The first kappa shape index (κ1) is 11.1. The lowest BCUT2D eigenvalue weighted by Gasteiger charge is -2.40. The van der Waals surface area contributed by atoms with Gasteiger partial charge in [-0.15, -0.1) is 11.6 Å². The van der Waals surface area contributed by atoms with Crippen LogP contribution in [0.2, 0.25) is 0 Å². The van der Waals surface area contributed by atoms with Gasteiger partial charge in [-0.3, -0.25) is 4.79 Å². The van der Waals surface area contributed by atoms with Crippen LogP contribution in [0.25, 0.3) is 0 Å². The Balaban J connectivity index is 2.69. The van der Waals surface area contributed by atoms with Crippen LogP contribution in [0, 0.1) is 5.92 Å². The predicted molar refractivity (Wildman–Crippen MR) is 58.1 cm³/mol. The van der Waals surface area contributed by atoms with Crippen LogP contribution in [0.15, 0.2) is 10.6 Å². The van der Waals surface area contributed by atoms with Crippen LogP contribution in [0.3, 0.4) is 0 Å². The van der Waals surface area contributed by atoms with Gasteiger partial charge in [-0.25, -0.2) is 0 Å². The monoisotopic (exact) mass is 265 g/mol. The van der Waals surface area contributed by atoms with Crippen molar-refractivity contribution >= 4 is 33.4 Å². The van der Waals surface area contributed by atoms with E-state index in [9.17, 15) is 4.79 Å². The Morgan fingerprint density at radius 3 is 2.69 bits per heavy atom. The summed E-state index contributed by atoms with van der Waals surface area (Å²) < 4.78 is 0.525. The van der Waals surface area contributed by atoms with Gasteiger partial charge in [-0.1, -0.05) is 6.92 Å². The fourth-order valence-corrected chi connectivity index (χ4v) is 2.38. The second-order valence-electron chi connectivity index (χ2n) is 3.44. The van der Waals surface area contributed by atoms with Gasteiger partial charge in [-0.05, 0) is 40.8 Å². The molecule has 1 amide bonds. The molecule has 1 saturated carbocycles. The zero-order valence-electron chi connectivity index (χ0n) is 7.73. The Labute approximate surface area is 91.8 Å². The maximum atomic E-state index is 11.2. The van der Waals surface area contributed by atoms with Crippen molar-refractivity contribution in [1.82, 2.24) is 5.32 Å². The van der Waals surface area contributed by atoms with Gasteiger partial charge in [0.2, 0.25) is 0 Å². The number of allylic oxidation sites excluding steroid dienone is 1. The molecule has 2 atom stereocenters. The predicted octanol–water partition coefficient (Wildman–Crippen LogP) is 2.42. The average molecular weight is 267 g/mol. The molecule has 0 bridgehead atoms. The number of amides is 1. The number of alkyl halides is 1. The van der Waals surface area contributed by atoms with E-state index in [1.165, 1.54) is 0 Å². The molecule has 74 valence electrons. The number of likely N-dealkylation sites (N-methyl/N-ethyl adjacent to an activating group) is 1. The Hall–Kier alpha value is -0.0200. The zero-order valence-corrected chi connectivity index (χ0v) is 10.1. The first-order valence-corrected chi connectivity index (χ1v) is 5.46. The van der Waals surface area contributed by atoms with Crippen LogP contribution in [-0.2, 0) is 4.79 Å². The summed E-state index contributed by atoms with van der Waals surface area (Å²) in [5.41, 5.74) is 0. The smallest absolute Gasteiger partial charge is 0.257 e. The first-order valence-electron chi connectivity index (χ1n) is 4.29. The molecule has 1 rings (SSSR count). The van der Waals surface area contributed by atoms with Gasteiger partial charge >= 0.3 is 0 Å². The molecular weight excluding hydrogens is 253 g/mol. The normalized spacial score (nSPS) is 33.8. The van der Waals surface area contributed by atoms with Crippen molar-refractivity contribution < 1.29 is 4.79 Å². The molecule has 1 fully saturated rings. The highest BCUT2D eigenvalue weighted by Gasteiger charge is 2.40. The Kier molecular flexibility index (Phi) is 3.41. The highest BCUT2D eigenvalue weighted by atomic mass is 79.9. The van der Waals surface area contributed by atoms with Gasteiger partial charge in [0.15, 0.2) is 0 Å². The Morgan fingerprint density at radius 2 is 2.38 bits per heavy atom. The zero-order chi connectivity index (χ0) is 10.1. The Bertz CT molecular complexity index is 254. The third-order valence-corrected chi connectivity index (χ3v) is 3.85. The van der Waals surface area contributed by atoms with Crippen molar-refractivity contribution in [3.05, 3.63) is 10.6 Å². The molecule has 2 nitrogen and oxygen atoms in total. The van der Waals surface area contributed by atoms with E-state index in [1.54, 1.807) is 7.05 Å². The summed E-state index contributed by atoms with van der Waals surface area (Å²) in [4.78, 5) is 10.8. The van der Waals surface area contributed by atoms with Gasteiger partial charge in [0.25, 0.3) is 5.91 Å². The SMILES string of the molecule is CNC(=O)/C(Br)=C\C1(Cl)CCC1C. The van der Waals surface area contributed by atoms with Crippen LogP contribution >= 0.6 is 27.5 Å². The molecule has 0 heterocycles. The molecule has 0 saturated heterocycles. The van der Waals surface area contributed by atoms with Gasteiger partial charge in [0.1, 0.15) is 0 Å². The van der Waals surface area contributed by atoms with Gasteiger partial charge in [0, 0.05) is 7.05 Å². The number of hydrogen-bond acceptors (Lipinski definition) is 1. The van der Waals surface area contributed by atoms with Crippen molar-refractivity contribution in [2.24, 2.45) is 5.92 Å². The van der Waals surface area contributed by atoms with Crippen molar-refractivity contribution in [2.75, 3.05) is 7.05 Å². The van der Waals surface area contributed by atoms with Crippen LogP contribution in [0.4, 0.5) is 0 Å². The van der Waals surface area contributed by atoms with E-state index in [0.717, 1.165) is 12.8 Å². The van der Waals surface area contributed by atoms with Crippen molar-refractivity contribution in [2.45, 2.75) is 24.6 Å². The van der Waals surface area contributed by atoms with Gasteiger partial charge < -0.3 is 5.32 Å². The van der Waals surface area contributed by atoms with Crippen molar-refractivity contribution in [1.29, 1.82) is 0 Å². The molecule has 0 aromatic carbocycles. The van der Waals surface area contributed by atoms with Gasteiger partial charge in [0.05, 0.1) is 9.36 Å². The maximum Gasteiger partial charge on any atom is 0.257 e. The molecule has 2 unspecified atom stereocenters. The van der Waals surface area contributed by atoms with E-state index in [4.69, 9.17) is 11.6 Å². The fraction of sp³-hybridized carbons (Fsp3) is 0.667. The van der Waals surface area contributed by atoms with Crippen molar-refractivity contribution in [3.63, 3.8) is 0 Å². The minimum Gasteiger partial charge on any atom is -0.355 e. The molecule has 0 aliphatic heterocycles. The molecule has 4 heteroatoms. The number of nitrogens with one attached hydrogen (secondary N) is 1. The summed E-state index contributed by atoms with van der Waals surface area (Å²) >= 11 is 9.47. The topological polar surface area (TPSA) is 29.1 Å². The second-order valence-corrected chi connectivity index (χ2v) is 5.00. The Morgan fingerprint density at radius 1 is 1.77 bits per heavy atom. The maximum absolute atomic E-state index is 11.2. The number of carbonyl (C=O) groups is 1. The first-order chi connectivity index (χ1) is 5.99.